The number of esters is 1. The van der Waals surface area contributed by atoms with E-state index in [-0.39, 0.29) is 18.2 Å². The number of ether oxygens (including phenoxy) is 1. The summed E-state index contributed by atoms with van der Waals surface area (Å²) in [6, 6.07) is 13.4. The van der Waals surface area contributed by atoms with E-state index in [1.807, 2.05) is 6.92 Å². The summed E-state index contributed by atoms with van der Waals surface area (Å²) in [7, 11) is 0. The van der Waals surface area contributed by atoms with Gasteiger partial charge in [-0.05, 0) is 62.4 Å². The molecular formula is C22H22ClN3O4S. The molecule has 9 heteroatoms. The van der Waals surface area contributed by atoms with Crippen LogP contribution in [0.4, 0.5) is 11.4 Å². The van der Waals surface area contributed by atoms with Gasteiger partial charge in [-0.1, -0.05) is 23.4 Å². The van der Waals surface area contributed by atoms with Crippen molar-refractivity contribution in [2.24, 2.45) is 4.99 Å². The minimum Gasteiger partial charge on any atom is -0.462 e. The average molecular weight is 460 g/mol. The molecule has 1 aliphatic heterocycles. The second-order valence-electron chi connectivity index (χ2n) is 6.61. The number of carbonyl (C=O) groups is 3. The molecule has 2 aromatic carbocycles. The van der Waals surface area contributed by atoms with E-state index in [9.17, 15) is 14.4 Å². The van der Waals surface area contributed by atoms with Crippen LogP contribution in [0.1, 0.15) is 30.6 Å². The number of anilines is 1. The number of carbonyl (C=O) groups excluding carboxylic acids is 3. The highest BCUT2D eigenvalue weighted by atomic mass is 35.5. The summed E-state index contributed by atoms with van der Waals surface area (Å²) in [4.78, 5) is 43.0. The van der Waals surface area contributed by atoms with Crippen LogP contribution in [0.2, 0.25) is 5.02 Å². The minimum absolute atomic E-state index is 0.0312. The Labute approximate surface area is 189 Å². The third-order valence-electron chi connectivity index (χ3n) is 4.44. The largest absolute Gasteiger partial charge is 0.462 e. The molecule has 0 radical (unpaired) electrons. The molecule has 162 valence electrons. The van der Waals surface area contributed by atoms with E-state index < -0.39 is 11.2 Å². The fourth-order valence-electron chi connectivity index (χ4n) is 2.93. The molecular weight excluding hydrogens is 438 g/mol. The molecule has 0 unspecified atom stereocenters. The Hall–Kier alpha value is -2.84. The molecule has 1 heterocycles. The predicted octanol–water partition coefficient (Wildman–Crippen LogP) is 4.50. The van der Waals surface area contributed by atoms with Gasteiger partial charge in [-0.3, -0.25) is 14.5 Å². The van der Waals surface area contributed by atoms with Gasteiger partial charge < -0.3 is 10.1 Å². The molecule has 0 aromatic heterocycles. The Bertz CT molecular complexity index is 993. The molecule has 7 nitrogen and oxygen atoms in total. The van der Waals surface area contributed by atoms with Crippen LogP contribution >= 0.6 is 23.4 Å². The SMILES string of the molecule is CCOC(=O)c1ccc(N=C2S[C@@H](CC(=O)Nc3ccc(Cl)cc3)C(=O)N2CC)cc1. The van der Waals surface area contributed by atoms with Crippen molar-refractivity contribution in [1.82, 2.24) is 4.90 Å². The lowest BCUT2D eigenvalue weighted by Gasteiger charge is -2.13. The average Bonchev–Trinajstić information content (AvgIpc) is 3.04. The first kappa shape index (κ1) is 22.8. The number of aliphatic imine (C=N–C) groups is 1. The molecule has 0 spiro atoms. The molecule has 1 saturated heterocycles. The van der Waals surface area contributed by atoms with Gasteiger partial charge >= 0.3 is 5.97 Å². The molecule has 0 saturated carbocycles. The minimum atomic E-state index is -0.551. The van der Waals surface area contributed by atoms with E-state index in [0.717, 1.165) is 0 Å². The molecule has 2 amide bonds. The Kier molecular flexibility index (Phi) is 7.70. The summed E-state index contributed by atoms with van der Waals surface area (Å²) in [5.41, 5.74) is 1.66. The molecule has 2 aromatic rings. The molecule has 1 fully saturated rings. The number of rotatable bonds is 7. The Balaban J connectivity index is 1.68. The first-order valence-electron chi connectivity index (χ1n) is 9.80. The first-order valence-corrected chi connectivity index (χ1v) is 11.1. The lowest BCUT2D eigenvalue weighted by Crippen LogP contribution is -2.33. The van der Waals surface area contributed by atoms with Crippen LogP contribution in [0.3, 0.4) is 0 Å². The van der Waals surface area contributed by atoms with E-state index in [4.69, 9.17) is 16.3 Å². The van der Waals surface area contributed by atoms with Gasteiger partial charge in [0.25, 0.3) is 0 Å². The number of hydrogen-bond donors (Lipinski definition) is 1. The Morgan fingerprint density at radius 1 is 1.13 bits per heavy atom. The molecule has 1 atom stereocenters. The molecule has 31 heavy (non-hydrogen) atoms. The third kappa shape index (κ3) is 5.86. The third-order valence-corrected chi connectivity index (χ3v) is 5.87. The maximum atomic E-state index is 12.8. The van der Waals surface area contributed by atoms with Crippen LogP contribution in [0.15, 0.2) is 53.5 Å². The van der Waals surface area contributed by atoms with Crippen molar-refractivity contribution in [1.29, 1.82) is 0 Å². The van der Waals surface area contributed by atoms with E-state index in [0.29, 0.717) is 40.3 Å². The second-order valence-corrected chi connectivity index (χ2v) is 8.22. The lowest BCUT2D eigenvalue weighted by molar-refractivity contribution is -0.128. The summed E-state index contributed by atoms with van der Waals surface area (Å²) in [6.45, 7) is 4.35. The van der Waals surface area contributed by atoms with Gasteiger partial charge in [0, 0.05) is 23.7 Å². The van der Waals surface area contributed by atoms with Gasteiger partial charge in [-0.2, -0.15) is 0 Å². The van der Waals surface area contributed by atoms with Crippen molar-refractivity contribution < 1.29 is 19.1 Å². The first-order chi connectivity index (χ1) is 14.9. The summed E-state index contributed by atoms with van der Waals surface area (Å²) in [5, 5.41) is 3.33. The van der Waals surface area contributed by atoms with Gasteiger partial charge in [-0.15, -0.1) is 0 Å². The smallest absolute Gasteiger partial charge is 0.338 e. The van der Waals surface area contributed by atoms with E-state index in [1.165, 1.54) is 11.8 Å². The topological polar surface area (TPSA) is 88.1 Å². The number of nitrogens with one attached hydrogen (secondary N) is 1. The highest BCUT2D eigenvalue weighted by molar-refractivity contribution is 8.15. The van der Waals surface area contributed by atoms with Crippen LogP contribution in [-0.2, 0) is 14.3 Å². The van der Waals surface area contributed by atoms with Crippen LogP contribution in [-0.4, -0.2) is 46.3 Å². The monoisotopic (exact) mass is 459 g/mol. The van der Waals surface area contributed by atoms with Crippen LogP contribution in [0.25, 0.3) is 0 Å². The fourth-order valence-corrected chi connectivity index (χ4v) is 4.27. The molecule has 3 rings (SSSR count). The molecule has 0 aliphatic carbocycles. The highest BCUT2D eigenvalue weighted by Gasteiger charge is 2.38. The Morgan fingerprint density at radius 2 is 1.81 bits per heavy atom. The predicted molar refractivity (Wildman–Crippen MR) is 123 cm³/mol. The summed E-state index contributed by atoms with van der Waals surface area (Å²) >= 11 is 7.11. The maximum absolute atomic E-state index is 12.8. The number of hydrogen-bond acceptors (Lipinski definition) is 6. The number of nitrogens with zero attached hydrogens (tertiary/aromatic N) is 2. The van der Waals surface area contributed by atoms with Crippen molar-refractivity contribution in [2.45, 2.75) is 25.5 Å². The second kappa shape index (κ2) is 10.5. The zero-order chi connectivity index (χ0) is 22.4. The zero-order valence-corrected chi connectivity index (χ0v) is 18.7. The van der Waals surface area contributed by atoms with Gasteiger partial charge in [0.15, 0.2) is 5.17 Å². The van der Waals surface area contributed by atoms with E-state index >= 15 is 0 Å². The molecule has 1 aliphatic rings. The van der Waals surface area contributed by atoms with Crippen LogP contribution < -0.4 is 5.32 Å². The Morgan fingerprint density at radius 3 is 2.42 bits per heavy atom. The highest BCUT2D eigenvalue weighted by Crippen LogP contribution is 2.31. The standard InChI is InChI=1S/C22H22ClN3O4S/c1-3-26-20(28)18(13-19(27)24-16-11-7-15(23)8-12-16)31-22(26)25-17-9-5-14(6-10-17)21(29)30-4-2/h5-12,18H,3-4,13H2,1-2H3,(H,24,27)/t18-/m0/s1. The fraction of sp³-hybridized carbons (Fsp3) is 0.273. The van der Waals surface area contributed by atoms with Gasteiger partial charge in [0.05, 0.1) is 17.9 Å². The summed E-state index contributed by atoms with van der Waals surface area (Å²) in [5.74, 6) is -0.806. The van der Waals surface area contributed by atoms with Crippen molar-refractivity contribution in [3.8, 4) is 0 Å². The molecule has 0 bridgehead atoms. The van der Waals surface area contributed by atoms with Gasteiger partial charge in [0.2, 0.25) is 11.8 Å². The number of amidine groups is 1. The quantitative estimate of drug-likeness (QED) is 0.616. The van der Waals surface area contributed by atoms with Crippen LogP contribution in [0.5, 0.6) is 0 Å². The summed E-state index contributed by atoms with van der Waals surface area (Å²) < 4.78 is 4.97. The normalized spacial score (nSPS) is 17.1. The number of halogens is 1. The number of benzene rings is 2. The number of thioether (sulfide) groups is 1. The summed E-state index contributed by atoms with van der Waals surface area (Å²) in [6.07, 6.45) is 0.0312. The van der Waals surface area contributed by atoms with Crippen molar-refractivity contribution in [2.75, 3.05) is 18.5 Å². The van der Waals surface area contributed by atoms with Gasteiger partial charge in [-0.25, -0.2) is 9.79 Å². The van der Waals surface area contributed by atoms with Crippen molar-refractivity contribution in [3.05, 3.63) is 59.1 Å². The lowest BCUT2D eigenvalue weighted by atomic mass is 10.2. The number of amides is 2. The van der Waals surface area contributed by atoms with E-state index in [1.54, 1.807) is 60.4 Å². The van der Waals surface area contributed by atoms with Crippen LogP contribution in [0, 0.1) is 0 Å². The molecule has 1 N–H and O–H groups in total. The van der Waals surface area contributed by atoms with Crippen molar-refractivity contribution >= 4 is 57.7 Å². The van der Waals surface area contributed by atoms with E-state index in [2.05, 4.69) is 10.3 Å². The van der Waals surface area contributed by atoms with Gasteiger partial charge in [0.1, 0.15) is 5.25 Å². The van der Waals surface area contributed by atoms with Crippen molar-refractivity contribution in [3.63, 3.8) is 0 Å². The maximum Gasteiger partial charge on any atom is 0.338 e. The zero-order valence-electron chi connectivity index (χ0n) is 17.1.